The van der Waals surface area contributed by atoms with Crippen LogP contribution in [-0.4, -0.2) is 41.2 Å². The van der Waals surface area contributed by atoms with Crippen molar-refractivity contribution in [2.24, 2.45) is 0 Å². The molecule has 2 rings (SSSR count). The molecule has 1 aromatic carbocycles. The summed E-state index contributed by atoms with van der Waals surface area (Å²) in [5, 5.41) is 18.0. The molecule has 1 N–H and O–H groups in total. The highest BCUT2D eigenvalue weighted by Crippen LogP contribution is 2.24. The summed E-state index contributed by atoms with van der Waals surface area (Å²) in [5.74, 6) is 0.394. The number of hydrogen-bond donors (Lipinski definition) is 1. The first-order chi connectivity index (χ1) is 10.7. The van der Waals surface area contributed by atoms with Crippen LogP contribution in [0.15, 0.2) is 24.3 Å². The summed E-state index contributed by atoms with van der Waals surface area (Å²) < 4.78 is 5.70. The number of ether oxygens (including phenoxy) is 1. The van der Waals surface area contributed by atoms with Crippen LogP contribution in [0.1, 0.15) is 38.2 Å². The van der Waals surface area contributed by atoms with Crippen LogP contribution in [0, 0.1) is 11.3 Å². The number of nitrogens with zero attached hydrogens (tertiary/aromatic N) is 2. The van der Waals surface area contributed by atoms with E-state index in [4.69, 9.17) is 15.1 Å². The van der Waals surface area contributed by atoms with Crippen molar-refractivity contribution in [1.29, 1.82) is 5.26 Å². The summed E-state index contributed by atoms with van der Waals surface area (Å²) in [6, 6.07) is 9.19. The summed E-state index contributed by atoms with van der Waals surface area (Å²) in [6.07, 6.45) is 2.88. The second-order valence-corrected chi connectivity index (χ2v) is 5.56. The number of para-hydroxylation sites is 1. The second-order valence-electron chi connectivity index (χ2n) is 5.56. The number of rotatable bonds is 6. The first-order valence-electron chi connectivity index (χ1n) is 7.74. The van der Waals surface area contributed by atoms with Crippen LogP contribution in [0.3, 0.4) is 0 Å². The van der Waals surface area contributed by atoms with E-state index in [0.717, 1.165) is 25.8 Å². The van der Waals surface area contributed by atoms with Crippen molar-refractivity contribution in [2.45, 2.75) is 44.8 Å². The van der Waals surface area contributed by atoms with E-state index in [1.165, 1.54) is 0 Å². The molecule has 1 aliphatic rings. The van der Waals surface area contributed by atoms with Gasteiger partial charge in [0.05, 0.1) is 5.56 Å². The summed E-state index contributed by atoms with van der Waals surface area (Å²) in [6.45, 7) is 2.61. The maximum absolute atomic E-state index is 12.6. The van der Waals surface area contributed by atoms with Gasteiger partial charge in [-0.2, -0.15) is 5.26 Å². The highest BCUT2D eigenvalue weighted by Gasteiger charge is 2.32. The van der Waals surface area contributed by atoms with E-state index in [2.05, 4.69) is 6.07 Å². The summed E-state index contributed by atoms with van der Waals surface area (Å²) in [7, 11) is 0. The maximum atomic E-state index is 12.6. The Labute approximate surface area is 131 Å². The van der Waals surface area contributed by atoms with Crippen LogP contribution in [0.2, 0.25) is 0 Å². The van der Waals surface area contributed by atoms with Crippen LogP contribution >= 0.6 is 0 Å². The van der Waals surface area contributed by atoms with Crippen molar-refractivity contribution < 1.29 is 14.6 Å². The molecule has 22 heavy (non-hydrogen) atoms. The van der Waals surface area contributed by atoms with Gasteiger partial charge in [0.2, 0.25) is 0 Å². The van der Waals surface area contributed by atoms with E-state index in [1.807, 2.05) is 4.90 Å². The fourth-order valence-corrected chi connectivity index (χ4v) is 2.89. The van der Waals surface area contributed by atoms with E-state index in [-0.39, 0.29) is 18.6 Å². The highest BCUT2D eigenvalue weighted by atomic mass is 16.5. The molecule has 118 valence electrons. The average molecular weight is 302 g/mol. The number of likely N-dealkylation sites (tertiary alicyclic amines) is 1. The topological polar surface area (TPSA) is 73.6 Å². The average Bonchev–Trinajstić information content (AvgIpc) is 3.01. The molecular formula is C17H22N2O3. The van der Waals surface area contributed by atoms with Crippen molar-refractivity contribution in [2.75, 3.05) is 13.2 Å². The fourth-order valence-electron chi connectivity index (χ4n) is 2.89. The predicted molar refractivity (Wildman–Crippen MR) is 82.3 cm³/mol. The summed E-state index contributed by atoms with van der Waals surface area (Å²) in [4.78, 5) is 14.4. The zero-order chi connectivity index (χ0) is 15.9. The lowest BCUT2D eigenvalue weighted by atomic mass is 10.1. The summed E-state index contributed by atoms with van der Waals surface area (Å²) >= 11 is 0. The molecule has 0 aliphatic carbocycles. The Morgan fingerprint density at radius 3 is 3.05 bits per heavy atom. The third-order valence-corrected chi connectivity index (χ3v) is 4.01. The van der Waals surface area contributed by atoms with Crippen LogP contribution in [0.25, 0.3) is 0 Å². The summed E-state index contributed by atoms with van der Waals surface area (Å²) in [5.41, 5.74) is 0.431. The molecule has 2 atom stereocenters. The number of carbonyl (C=O) groups excluding carboxylic acids is 1. The van der Waals surface area contributed by atoms with Gasteiger partial charge in [0, 0.05) is 19.2 Å². The monoisotopic (exact) mass is 302 g/mol. The normalized spacial score (nSPS) is 18.8. The van der Waals surface area contributed by atoms with Gasteiger partial charge in [-0.3, -0.25) is 4.79 Å². The Bertz CT molecular complexity index is 553. The molecule has 1 saturated heterocycles. The van der Waals surface area contributed by atoms with E-state index in [1.54, 1.807) is 31.2 Å². The van der Waals surface area contributed by atoms with Gasteiger partial charge in [-0.15, -0.1) is 0 Å². The molecule has 5 heteroatoms. The number of benzene rings is 1. The molecule has 1 fully saturated rings. The van der Waals surface area contributed by atoms with Crippen LogP contribution in [0.5, 0.6) is 5.75 Å². The van der Waals surface area contributed by atoms with Crippen LogP contribution in [0.4, 0.5) is 0 Å². The lowest BCUT2D eigenvalue weighted by Crippen LogP contribution is -2.43. The quantitative estimate of drug-likeness (QED) is 0.873. The van der Waals surface area contributed by atoms with Crippen molar-refractivity contribution >= 4 is 5.91 Å². The van der Waals surface area contributed by atoms with Gasteiger partial charge in [-0.05, 0) is 44.7 Å². The van der Waals surface area contributed by atoms with Gasteiger partial charge in [-0.25, -0.2) is 0 Å². The molecule has 0 bridgehead atoms. The third-order valence-electron chi connectivity index (χ3n) is 4.01. The zero-order valence-corrected chi connectivity index (χ0v) is 12.9. The van der Waals surface area contributed by atoms with E-state index in [0.29, 0.717) is 17.7 Å². The van der Waals surface area contributed by atoms with Crippen molar-refractivity contribution in [3.05, 3.63) is 29.8 Å². The zero-order valence-electron chi connectivity index (χ0n) is 12.9. The number of amides is 1. The maximum Gasteiger partial charge on any atom is 0.263 e. The molecule has 0 radical (unpaired) electrons. The third kappa shape index (κ3) is 3.77. The minimum absolute atomic E-state index is 0.0480. The van der Waals surface area contributed by atoms with Crippen molar-refractivity contribution in [3.63, 3.8) is 0 Å². The molecule has 1 amide bonds. The lowest BCUT2D eigenvalue weighted by molar-refractivity contribution is -0.139. The smallest absolute Gasteiger partial charge is 0.263 e. The molecule has 2 unspecified atom stereocenters. The Morgan fingerprint density at radius 2 is 2.32 bits per heavy atom. The molecular weight excluding hydrogens is 280 g/mol. The van der Waals surface area contributed by atoms with Gasteiger partial charge in [-0.1, -0.05) is 12.1 Å². The molecule has 5 nitrogen and oxygen atoms in total. The lowest BCUT2D eigenvalue weighted by Gasteiger charge is -2.27. The Morgan fingerprint density at radius 1 is 1.55 bits per heavy atom. The number of aliphatic hydroxyl groups is 1. The van der Waals surface area contributed by atoms with E-state index in [9.17, 15) is 4.79 Å². The van der Waals surface area contributed by atoms with E-state index < -0.39 is 6.10 Å². The number of aliphatic hydroxyl groups excluding tert-OH is 1. The molecule has 0 saturated carbocycles. The minimum atomic E-state index is -0.621. The Hall–Kier alpha value is -2.06. The number of nitriles is 1. The standard InChI is InChI=1S/C17H22N2O3/c1-13(22-16-9-3-2-6-14(16)12-18)17(21)19-10-4-7-15(19)8-5-11-20/h2-3,6,9,13,15,20H,4-5,7-8,10-11H2,1H3. The largest absolute Gasteiger partial charge is 0.480 e. The first-order valence-corrected chi connectivity index (χ1v) is 7.74. The fraction of sp³-hybridized carbons (Fsp3) is 0.529. The van der Waals surface area contributed by atoms with E-state index >= 15 is 0 Å². The van der Waals surface area contributed by atoms with Crippen LogP contribution in [-0.2, 0) is 4.79 Å². The molecule has 1 aromatic rings. The minimum Gasteiger partial charge on any atom is -0.480 e. The van der Waals surface area contributed by atoms with Gasteiger partial charge < -0.3 is 14.7 Å². The second kappa shape index (κ2) is 7.81. The van der Waals surface area contributed by atoms with Gasteiger partial charge in [0.15, 0.2) is 6.10 Å². The molecule has 1 heterocycles. The predicted octanol–water partition coefficient (Wildman–Crippen LogP) is 2.09. The number of carbonyl (C=O) groups is 1. The molecule has 0 spiro atoms. The van der Waals surface area contributed by atoms with Gasteiger partial charge >= 0.3 is 0 Å². The van der Waals surface area contributed by atoms with Gasteiger partial charge in [0.1, 0.15) is 11.8 Å². The molecule has 1 aliphatic heterocycles. The first kappa shape index (κ1) is 16.3. The van der Waals surface area contributed by atoms with Crippen molar-refractivity contribution in [3.8, 4) is 11.8 Å². The van der Waals surface area contributed by atoms with Crippen molar-refractivity contribution in [1.82, 2.24) is 4.90 Å². The van der Waals surface area contributed by atoms with Crippen LogP contribution < -0.4 is 4.74 Å². The Kier molecular flexibility index (Phi) is 5.79. The number of hydrogen-bond acceptors (Lipinski definition) is 4. The molecule has 0 aromatic heterocycles. The SMILES string of the molecule is CC(Oc1ccccc1C#N)C(=O)N1CCCC1CCCO. The van der Waals surface area contributed by atoms with Gasteiger partial charge in [0.25, 0.3) is 5.91 Å². The highest BCUT2D eigenvalue weighted by molar-refractivity contribution is 5.81. The Balaban J connectivity index is 2.01.